The fourth-order valence-electron chi connectivity index (χ4n) is 2.36. The minimum absolute atomic E-state index is 0.0266. The number of para-hydroxylation sites is 2. The molecule has 0 bridgehead atoms. The zero-order valence-electron chi connectivity index (χ0n) is 12.6. The summed E-state index contributed by atoms with van der Waals surface area (Å²) in [4.78, 5) is 7.54. The molecule has 5 N–H and O–H groups in total. The van der Waals surface area contributed by atoms with E-state index in [1.807, 2.05) is 24.3 Å². The molecule has 0 saturated carbocycles. The number of hydrogen-bond acceptors (Lipinski definition) is 6. The number of allylic oxidation sites excluding steroid dienone is 1. The minimum Gasteiger partial charge on any atom is -0.494 e. The molecular weight excluding hydrogens is 324 g/mol. The van der Waals surface area contributed by atoms with Crippen LogP contribution >= 0.6 is 11.3 Å². The number of hydrogen-bond donors (Lipinski definition) is 4. The highest BCUT2D eigenvalue weighted by atomic mass is 32.1. The van der Waals surface area contributed by atoms with Crippen molar-refractivity contribution in [3.05, 3.63) is 57.4 Å². The maximum atomic E-state index is 9.65. The third-order valence-electron chi connectivity index (χ3n) is 3.43. The van der Waals surface area contributed by atoms with Gasteiger partial charge in [-0.05, 0) is 12.1 Å². The zero-order valence-corrected chi connectivity index (χ0v) is 13.4. The molecule has 7 nitrogen and oxygen atoms in total. The lowest BCUT2D eigenvalue weighted by molar-refractivity contribution is 0.492. The Morgan fingerprint density at radius 3 is 2.92 bits per heavy atom. The number of nitrogens with zero attached hydrogens (tertiary/aromatic N) is 3. The van der Waals surface area contributed by atoms with E-state index in [2.05, 4.69) is 22.6 Å². The predicted molar refractivity (Wildman–Crippen MR) is 92.1 cm³/mol. The summed E-state index contributed by atoms with van der Waals surface area (Å²) in [6.45, 7) is 3.98. The number of imidazole rings is 1. The highest BCUT2D eigenvalue weighted by Crippen LogP contribution is 2.14. The molecule has 0 amide bonds. The van der Waals surface area contributed by atoms with E-state index in [4.69, 9.17) is 11.1 Å². The first-order valence-corrected chi connectivity index (χ1v) is 7.82. The summed E-state index contributed by atoms with van der Waals surface area (Å²) in [6.07, 6.45) is 1.61. The molecule has 3 aromatic rings. The maximum Gasteiger partial charge on any atom is 0.203 e. The third-order valence-corrected chi connectivity index (χ3v) is 4.65. The number of nitrogens with two attached hydrogens (primary N) is 1. The molecule has 2 aromatic heterocycles. The fourth-order valence-corrected chi connectivity index (χ4v) is 3.39. The topological polar surface area (TPSA) is 128 Å². The number of aliphatic hydroxyl groups excluding tert-OH is 1. The molecule has 0 aliphatic heterocycles. The van der Waals surface area contributed by atoms with Crippen molar-refractivity contribution in [3.63, 3.8) is 0 Å². The van der Waals surface area contributed by atoms with Crippen molar-refractivity contribution >= 4 is 33.8 Å². The average molecular weight is 338 g/mol. The van der Waals surface area contributed by atoms with Gasteiger partial charge in [-0.2, -0.15) is 5.26 Å². The van der Waals surface area contributed by atoms with Crippen molar-refractivity contribution in [2.24, 2.45) is 5.73 Å². The summed E-state index contributed by atoms with van der Waals surface area (Å²) in [5.41, 5.74) is 7.30. The Morgan fingerprint density at radius 2 is 2.29 bits per heavy atom. The van der Waals surface area contributed by atoms with Gasteiger partial charge >= 0.3 is 0 Å². The molecular formula is C16H14N6OS. The Balaban J connectivity index is 2.43. The summed E-state index contributed by atoms with van der Waals surface area (Å²) < 4.78 is 2.24. The molecule has 0 radical (unpaired) electrons. The number of H-pyrrole nitrogens is 1. The highest BCUT2D eigenvalue weighted by Gasteiger charge is 2.13. The van der Waals surface area contributed by atoms with Crippen LogP contribution in [0.1, 0.15) is 5.82 Å². The smallest absolute Gasteiger partial charge is 0.203 e. The van der Waals surface area contributed by atoms with Crippen molar-refractivity contribution in [1.82, 2.24) is 14.5 Å². The molecule has 8 heteroatoms. The Morgan fingerprint density at radius 1 is 1.54 bits per heavy atom. The Labute approximate surface area is 140 Å². The fraction of sp³-hybridized carbons (Fsp3) is 0.0625. The van der Waals surface area contributed by atoms with E-state index in [9.17, 15) is 10.4 Å². The van der Waals surface area contributed by atoms with E-state index in [0.29, 0.717) is 17.0 Å². The Bertz CT molecular complexity index is 1120. The number of nitrogens with one attached hydrogen (secondary N) is 2. The first kappa shape index (κ1) is 15.6. The molecule has 3 rings (SSSR count). The SMILES string of the molecule is C=CCn1c(=N)/c(=C(/N)O)s/c1=C(\C#N)c1nc2ccccc2[nH]1. The molecule has 2 heterocycles. The van der Waals surface area contributed by atoms with Gasteiger partial charge in [0.15, 0.2) is 5.82 Å². The van der Waals surface area contributed by atoms with Crippen molar-refractivity contribution < 1.29 is 5.11 Å². The summed E-state index contributed by atoms with van der Waals surface area (Å²) in [5.74, 6) is -0.0446. The molecule has 0 atom stereocenters. The standard InChI is InChI=1S/C16H14N6OS/c1-2-7-22-13(18)12(14(19)23)24-16(22)9(8-17)15-20-10-5-3-4-6-11(10)21-15/h2-6,18,23H,1,7,19H2,(H,20,21)/b14-12+,16-9+,18-13?. The van der Waals surface area contributed by atoms with Crippen LogP contribution in [0.5, 0.6) is 0 Å². The van der Waals surface area contributed by atoms with E-state index in [1.165, 1.54) is 0 Å². The molecule has 0 spiro atoms. The number of aromatic amines is 1. The van der Waals surface area contributed by atoms with E-state index >= 15 is 0 Å². The van der Waals surface area contributed by atoms with Crippen LogP contribution in [0, 0.1) is 16.7 Å². The van der Waals surface area contributed by atoms with E-state index in [1.54, 1.807) is 10.6 Å². The molecule has 120 valence electrons. The van der Waals surface area contributed by atoms with E-state index in [0.717, 1.165) is 22.4 Å². The van der Waals surface area contributed by atoms with E-state index in [-0.39, 0.29) is 15.6 Å². The Kier molecular flexibility index (Phi) is 3.93. The van der Waals surface area contributed by atoms with Gasteiger partial charge in [0, 0.05) is 6.54 Å². The first-order chi connectivity index (χ1) is 11.6. The van der Waals surface area contributed by atoms with Crippen molar-refractivity contribution in [2.75, 3.05) is 0 Å². The number of aromatic nitrogens is 3. The van der Waals surface area contributed by atoms with Gasteiger partial charge in [0.1, 0.15) is 26.3 Å². The monoisotopic (exact) mass is 338 g/mol. The number of rotatable bonds is 3. The van der Waals surface area contributed by atoms with Crippen LogP contribution in [0.15, 0.2) is 36.9 Å². The lowest BCUT2D eigenvalue weighted by Crippen LogP contribution is -2.34. The lowest BCUT2D eigenvalue weighted by Gasteiger charge is -1.99. The molecule has 0 saturated heterocycles. The van der Waals surface area contributed by atoms with Gasteiger partial charge in [0.05, 0.1) is 11.0 Å². The predicted octanol–water partition coefficient (Wildman–Crippen LogP) is 0.396. The summed E-state index contributed by atoms with van der Waals surface area (Å²) in [6, 6.07) is 9.59. The number of aliphatic hydroxyl groups is 1. The molecule has 0 aliphatic carbocycles. The molecule has 1 aromatic carbocycles. The highest BCUT2D eigenvalue weighted by molar-refractivity contribution is 7.07. The number of fused-ring (bicyclic) bond motifs is 1. The molecule has 0 unspecified atom stereocenters. The van der Waals surface area contributed by atoms with E-state index < -0.39 is 5.88 Å². The maximum absolute atomic E-state index is 9.65. The summed E-state index contributed by atoms with van der Waals surface area (Å²) in [5, 5.41) is 27.4. The van der Waals surface area contributed by atoms with Gasteiger partial charge in [-0.15, -0.1) is 17.9 Å². The van der Waals surface area contributed by atoms with Gasteiger partial charge in [0.25, 0.3) is 0 Å². The quantitative estimate of drug-likeness (QED) is 0.515. The molecule has 0 aliphatic rings. The van der Waals surface area contributed by atoms with Crippen LogP contribution in [-0.4, -0.2) is 19.6 Å². The summed E-state index contributed by atoms with van der Waals surface area (Å²) >= 11 is 1.07. The molecule has 24 heavy (non-hydrogen) atoms. The van der Waals surface area contributed by atoms with Crippen LogP contribution in [0.2, 0.25) is 0 Å². The third kappa shape index (κ3) is 2.47. The Hall–Kier alpha value is -3.31. The second kappa shape index (κ2) is 6.06. The van der Waals surface area contributed by atoms with Crippen LogP contribution in [0.3, 0.4) is 0 Å². The summed E-state index contributed by atoms with van der Waals surface area (Å²) in [7, 11) is 0. The average Bonchev–Trinajstić information content (AvgIpc) is 3.12. The minimum atomic E-state index is -0.448. The second-order valence-corrected chi connectivity index (χ2v) is 5.96. The largest absolute Gasteiger partial charge is 0.494 e. The van der Waals surface area contributed by atoms with Gasteiger partial charge in [-0.1, -0.05) is 18.2 Å². The normalized spacial score (nSPS) is 13.5. The second-order valence-electron chi connectivity index (χ2n) is 4.96. The number of nitriles is 1. The van der Waals surface area contributed by atoms with Gasteiger partial charge < -0.3 is 20.4 Å². The zero-order chi connectivity index (χ0) is 17.3. The number of benzene rings is 1. The van der Waals surface area contributed by atoms with Gasteiger partial charge in [-0.3, -0.25) is 5.41 Å². The lowest BCUT2D eigenvalue weighted by atomic mass is 10.3. The van der Waals surface area contributed by atoms with Crippen molar-refractivity contribution in [1.29, 1.82) is 10.7 Å². The molecule has 0 fully saturated rings. The first-order valence-electron chi connectivity index (χ1n) is 7.00. The number of thiazole rings is 1. The van der Waals surface area contributed by atoms with Crippen LogP contribution in [0.4, 0.5) is 0 Å². The van der Waals surface area contributed by atoms with Crippen LogP contribution in [0.25, 0.3) is 22.5 Å². The van der Waals surface area contributed by atoms with Crippen LogP contribution < -0.4 is 20.4 Å². The van der Waals surface area contributed by atoms with Gasteiger partial charge in [0.2, 0.25) is 5.88 Å². The van der Waals surface area contributed by atoms with Crippen LogP contribution in [-0.2, 0) is 6.54 Å². The van der Waals surface area contributed by atoms with Crippen molar-refractivity contribution in [2.45, 2.75) is 6.54 Å². The van der Waals surface area contributed by atoms with Gasteiger partial charge in [-0.25, -0.2) is 4.98 Å². The van der Waals surface area contributed by atoms with Crippen molar-refractivity contribution in [3.8, 4) is 6.07 Å².